The van der Waals surface area contributed by atoms with Gasteiger partial charge in [0.2, 0.25) is 0 Å². The van der Waals surface area contributed by atoms with E-state index in [0.29, 0.717) is 0 Å². The summed E-state index contributed by atoms with van der Waals surface area (Å²) in [6.07, 6.45) is 0. The highest BCUT2D eigenvalue weighted by molar-refractivity contribution is 5.71. The van der Waals surface area contributed by atoms with Crippen LogP contribution in [0.5, 0.6) is 0 Å². The monoisotopic (exact) mass is 372 g/mol. The number of rotatable bonds is 5. The highest BCUT2D eigenvalue weighted by Crippen LogP contribution is 2.26. The Morgan fingerprint density at radius 1 is 0.357 bits per heavy atom. The van der Waals surface area contributed by atoms with E-state index in [1.165, 1.54) is 24.3 Å². The van der Waals surface area contributed by atoms with Crippen LogP contribution in [0, 0.1) is 11.6 Å². The first-order valence-electron chi connectivity index (χ1n) is 8.91. The second kappa shape index (κ2) is 7.92. The summed E-state index contributed by atoms with van der Waals surface area (Å²) in [4.78, 5) is 0. The molecular weight excluding hydrogens is 354 g/mol. The van der Waals surface area contributed by atoms with Gasteiger partial charge in [0.25, 0.3) is 0 Å². The molecule has 0 aliphatic carbocycles. The summed E-state index contributed by atoms with van der Waals surface area (Å²) in [6, 6.07) is 28.6. The van der Waals surface area contributed by atoms with Crippen LogP contribution < -0.4 is 10.6 Å². The minimum Gasteiger partial charge on any atom is -0.356 e. The molecule has 0 aromatic heterocycles. The minimum atomic E-state index is -0.252. The zero-order valence-corrected chi connectivity index (χ0v) is 15.0. The SMILES string of the molecule is Fc1ccc(Nc2ccc(-c3ccc(Nc4ccc(F)cc4)cc3)cc2)cc1. The first-order chi connectivity index (χ1) is 13.7. The molecule has 0 saturated heterocycles. The topological polar surface area (TPSA) is 24.1 Å². The van der Waals surface area contributed by atoms with Gasteiger partial charge in [-0.3, -0.25) is 0 Å². The van der Waals surface area contributed by atoms with E-state index in [2.05, 4.69) is 10.6 Å². The van der Waals surface area contributed by atoms with Crippen LogP contribution in [0.2, 0.25) is 0 Å². The molecule has 0 fully saturated rings. The van der Waals surface area contributed by atoms with Gasteiger partial charge in [-0.15, -0.1) is 0 Å². The molecule has 0 aliphatic rings. The van der Waals surface area contributed by atoms with Gasteiger partial charge in [-0.2, -0.15) is 0 Å². The predicted octanol–water partition coefficient (Wildman–Crippen LogP) is 7.12. The summed E-state index contributed by atoms with van der Waals surface area (Å²) >= 11 is 0. The van der Waals surface area contributed by atoms with Crippen molar-refractivity contribution in [3.63, 3.8) is 0 Å². The molecule has 2 N–H and O–H groups in total. The minimum absolute atomic E-state index is 0.252. The molecule has 0 spiro atoms. The van der Waals surface area contributed by atoms with Crippen LogP contribution in [0.4, 0.5) is 31.5 Å². The standard InChI is InChI=1S/C24H18F2N2/c25-19-5-13-23(14-6-19)27-21-9-1-17(2-10-21)18-3-11-22(12-4-18)28-24-15-7-20(26)8-16-24/h1-16,27-28H. The Morgan fingerprint density at radius 3 is 0.893 bits per heavy atom. The number of anilines is 4. The van der Waals surface area contributed by atoms with Gasteiger partial charge in [0.05, 0.1) is 0 Å². The Morgan fingerprint density at radius 2 is 0.607 bits per heavy atom. The molecule has 4 aromatic rings. The molecule has 0 heterocycles. The van der Waals surface area contributed by atoms with Gasteiger partial charge in [-0.25, -0.2) is 8.78 Å². The van der Waals surface area contributed by atoms with Crippen molar-refractivity contribution in [3.8, 4) is 11.1 Å². The molecule has 0 bridgehead atoms. The third-order valence-corrected chi connectivity index (χ3v) is 4.37. The maximum absolute atomic E-state index is 13.0. The number of benzene rings is 4. The van der Waals surface area contributed by atoms with Gasteiger partial charge in [0.15, 0.2) is 0 Å². The van der Waals surface area contributed by atoms with Crippen molar-refractivity contribution < 1.29 is 8.78 Å². The zero-order chi connectivity index (χ0) is 19.3. The normalized spacial score (nSPS) is 10.5. The average Bonchev–Trinajstić information content (AvgIpc) is 2.73. The van der Waals surface area contributed by atoms with E-state index in [4.69, 9.17) is 0 Å². The molecule has 4 rings (SSSR count). The van der Waals surface area contributed by atoms with Gasteiger partial charge >= 0.3 is 0 Å². The van der Waals surface area contributed by atoms with E-state index in [1.807, 2.05) is 48.5 Å². The van der Waals surface area contributed by atoms with E-state index < -0.39 is 0 Å². The number of hydrogen-bond donors (Lipinski definition) is 2. The van der Waals surface area contributed by atoms with Crippen molar-refractivity contribution in [2.45, 2.75) is 0 Å². The fourth-order valence-corrected chi connectivity index (χ4v) is 2.89. The third-order valence-electron chi connectivity index (χ3n) is 4.37. The first-order valence-corrected chi connectivity index (χ1v) is 8.91. The Hall–Kier alpha value is -3.66. The molecule has 0 amide bonds. The molecule has 4 aromatic carbocycles. The van der Waals surface area contributed by atoms with Crippen LogP contribution in [0.15, 0.2) is 97.1 Å². The fraction of sp³-hybridized carbons (Fsp3) is 0. The Kier molecular flexibility index (Phi) is 5.02. The Balaban J connectivity index is 1.43. The summed E-state index contributed by atoms with van der Waals surface area (Å²) in [5.41, 5.74) is 5.74. The lowest BCUT2D eigenvalue weighted by Gasteiger charge is -2.09. The molecular formula is C24H18F2N2. The van der Waals surface area contributed by atoms with Gasteiger partial charge in [-0.05, 0) is 83.9 Å². The van der Waals surface area contributed by atoms with Crippen LogP contribution in [0.3, 0.4) is 0 Å². The average molecular weight is 372 g/mol. The van der Waals surface area contributed by atoms with Crippen LogP contribution in [0.25, 0.3) is 11.1 Å². The van der Waals surface area contributed by atoms with E-state index in [-0.39, 0.29) is 11.6 Å². The smallest absolute Gasteiger partial charge is 0.123 e. The van der Waals surface area contributed by atoms with Crippen LogP contribution in [-0.2, 0) is 0 Å². The lowest BCUT2D eigenvalue weighted by atomic mass is 10.0. The van der Waals surface area contributed by atoms with Gasteiger partial charge in [0, 0.05) is 22.7 Å². The van der Waals surface area contributed by atoms with Crippen molar-refractivity contribution in [3.05, 3.63) is 109 Å². The molecule has 2 nitrogen and oxygen atoms in total. The quantitative estimate of drug-likeness (QED) is 0.390. The highest BCUT2D eigenvalue weighted by Gasteiger charge is 2.01. The first kappa shape index (κ1) is 17.7. The van der Waals surface area contributed by atoms with Crippen molar-refractivity contribution in [2.75, 3.05) is 10.6 Å². The second-order valence-corrected chi connectivity index (χ2v) is 6.42. The van der Waals surface area contributed by atoms with E-state index >= 15 is 0 Å². The molecule has 0 atom stereocenters. The van der Waals surface area contributed by atoms with Gasteiger partial charge < -0.3 is 10.6 Å². The van der Waals surface area contributed by atoms with E-state index in [9.17, 15) is 8.78 Å². The molecule has 138 valence electrons. The van der Waals surface area contributed by atoms with Crippen LogP contribution in [0.1, 0.15) is 0 Å². The van der Waals surface area contributed by atoms with Crippen molar-refractivity contribution in [1.29, 1.82) is 0 Å². The lowest BCUT2D eigenvalue weighted by molar-refractivity contribution is 0.627. The molecule has 0 radical (unpaired) electrons. The van der Waals surface area contributed by atoms with Crippen molar-refractivity contribution in [2.24, 2.45) is 0 Å². The summed E-state index contributed by atoms with van der Waals surface area (Å²) in [6.45, 7) is 0. The predicted molar refractivity (Wildman–Crippen MR) is 111 cm³/mol. The van der Waals surface area contributed by atoms with Gasteiger partial charge in [0.1, 0.15) is 11.6 Å². The third kappa shape index (κ3) is 4.35. The maximum Gasteiger partial charge on any atom is 0.123 e. The maximum atomic E-state index is 13.0. The fourth-order valence-electron chi connectivity index (χ4n) is 2.89. The summed E-state index contributed by atoms with van der Waals surface area (Å²) < 4.78 is 26.0. The number of hydrogen-bond acceptors (Lipinski definition) is 2. The van der Waals surface area contributed by atoms with E-state index in [1.54, 1.807) is 24.3 Å². The van der Waals surface area contributed by atoms with Crippen LogP contribution >= 0.6 is 0 Å². The summed E-state index contributed by atoms with van der Waals surface area (Å²) in [7, 11) is 0. The second-order valence-electron chi connectivity index (χ2n) is 6.42. The van der Waals surface area contributed by atoms with E-state index in [0.717, 1.165) is 33.9 Å². The Bertz CT molecular complexity index is 951. The lowest BCUT2D eigenvalue weighted by Crippen LogP contribution is -1.91. The summed E-state index contributed by atoms with van der Waals surface area (Å²) in [5, 5.41) is 6.49. The zero-order valence-electron chi connectivity index (χ0n) is 15.0. The molecule has 28 heavy (non-hydrogen) atoms. The van der Waals surface area contributed by atoms with Crippen LogP contribution in [-0.4, -0.2) is 0 Å². The Labute approximate surface area is 162 Å². The number of nitrogens with one attached hydrogen (secondary N) is 2. The number of halogens is 2. The molecule has 0 unspecified atom stereocenters. The highest BCUT2D eigenvalue weighted by atomic mass is 19.1. The molecule has 4 heteroatoms. The van der Waals surface area contributed by atoms with Crippen molar-refractivity contribution in [1.82, 2.24) is 0 Å². The van der Waals surface area contributed by atoms with Crippen molar-refractivity contribution >= 4 is 22.7 Å². The van der Waals surface area contributed by atoms with Gasteiger partial charge in [-0.1, -0.05) is 24.3 Å². The molecule has 0 aliphatic heterocycles. The largest absolute Gasteiger partial charge is 0.356 e. The summed E-state index contributed by atoms with van der Waals surface area (Å²) in [5.74, 6) is -0.503. The molecule has 0 saturated carbocycles.